The number of aromatic nitrogens is 1. The Labute approximate surface area is 107 Å². The molecule has 0 unspecified atom stereocenters. The van der Waals surface area contributed by atoms with Crippen molar-refractivity contribution in [2.45, 2.75) is 20.3 Å². The van der Waals surface area contributed by atoms with Crippen LogP contribution in [0, 0.1) is 17.2 Å². The Hall–Kier alpha value is -1.47. The van der Waals surface area contributed by atoms with Crippen molar-refractivity contribution >= 4 is 23.1 Å². The molecule has 1 aromatic rings. The van der Waals surface area contributed by atoms with Gasteiger partial charge in [0, 0.05) is 13.1 Å². The molecule has 0 aliphatic heterocycles. The molecule has 0 aliphatic carbocycles. The number of anilines is 2. The molecule has 0 radical (unpaired) electrons. The van der Waals surface area contributed by atoms with E-state index in [1.54, 1.807) is 12.3 Å². The Balaban J connectivity index is 2.91. The summed E-state index contributed by atoms with van der Waals surface area (Å²) < 4.78 is 0. The fourth-order valence-electron chi connectivity index (χ4n) is 1.59. The second kappa shape index (κ2) is 6.31. The van der Waals surface area contributed by atoms with Gasteiger partial charge in [-0.15, -0.1) is 0 Å². The molecule has 0 atom stereocenters. The molecule has 1 aromatic heterocycles. The van der Waals surface area contributed by atoms with Crippen LogP contribution in [0.1, 0.15) is 20.3 Å². The molecule has 4 nitrogen and oxygen atoms in total. The molecule has 2 N–H and O–H groups in total. The van der Waals surface area contributed by atoms with Crippen molar-refractivity contribution in [1.82, 2.24) is 4.98 Å². The lowest BCUT2D eigenvalue weighted by Gasteiger charge is -2.25. The molecule has 0 fully saturated rings. The molecule has 0 saturated heterocycles. The highest BCUT2D eigenvalue weighted by Crippen LogP contribution is 2.25. The quantitative estimate of drug-likeness (QED) is 0.875. The lowest BCUT2D eigenvalue weighted by molar-refractivity contribution is 0.608. The molecule has 1 heterocycles. The molecule has 92 valence electrons. The summed E-state index contributed by atoms with van der Waals surface area (Å²) >= 11 is 6.12. The first-order valence-electron chi connectivity index (χ1n) is 5.57. The van der Waals surface area contributed by atoms with Crippen molar-refractivity contribution in [2.24, 2.45) is 5.92 Å². The summed E-state index contributed by atoms with van der Waals surface area (Å²) in [6, 6.07) is 3.82. The zero-order chi connectivity index (χ0) is 12.8. The van der Waals surface area contributed by atoms with Gasteiger partial charge in [-0.1, -0.05) is 25.4 Å². The summed E-state index contributed by atoms with van der Waals surface area (Å²) in [7, 11) is 0. The smallest absolute Gasteiger partial charge is 0.147 e. The van der Waals surface area contributed by atoms with Gasteiger partial charge in [-0.3, -0.25) is 0 Å². The summed E-state index contributed by atoms with van der Waals surface area (Å²) in [6.07, 6.45) is 2.04. The highest BCUT2D eigenvalue weighted by atomic mass is 35.5. The van der Waals surface area contributed by atoms with Gasteiger partial charge in [0.25, 0.3) is 0 Å². The molecule has 0 spiro atoms. The zero-order valence-corrected chi connectivity index (χ0v) is 10.9. The molecule has 0 amide bonds. The number of hydrogen-bond acceptors (Lipinski definition) is 4. The molecule has 0 aliphatic rings. The number of pyridine rings is 1. The van der Waals surface area contributed by atoms with Crippen LogP contribution in [0.15, 0.2) is 12.3 Å². The molecular formula is C12H17ClN4. The van der Waals surface area contributed by atoms with Gasteiger partial charge < -0.3 is 10.6 Å². The predicted molar refractivity (Wildman–Crippen MR) is 70.9 cm³/mol. The Morgan fingerprint density at radius 1 is 1.59 bits per heavy atom. The minimum Gasteiger partial charge on any atom is -0.397 e. The molecule has 5 heteroatoms. The van der Waals surface area contributed by atoms with Gasteiger partial charge in [0.05, 0.1) is 29.4 Å². The van der Waals surface area contributed by atoms with Crippen LogP contribution in [0.3, 0.4) is 0 Å². The third kappa shape index (κ3) is 4.12. The lowest BCUT2D eigenvalue weighted by Crippen LogP contribution is -2.29. The molecule has 0 aromatic carbocycles. The van der Waals surface area contributed by atoms with Gasteiger partial charge in [-0.25, -0.2) is 4.98 Å². The molecule has 1 rings (SSSR count). The Kier molecular flexibility index (Phi) is 5.05. The first-order valence-corrected chi connectivity index (χ1v) is 5.95. The summed E-state index contributed by atoms with van der Waals surface area (Å²) in [6.45, 7) is 5.68. The number of nitrogens with two attached hydrogens (primary N) is 1. The standard InChI is InChI=1S/C12H17ClN4/c1-9(2)8-17(5-3-4-14)12-11(13)6-10(15)7-16-12/h6-7,9H,3,5,8,15H2,1-2H3. The van der Waals surface area contributed by atoms with Crippen molar-refractivity contribution in [1.29, 1.82) is 5.26 Å². The topological polar surface area (TPSA) is 65.9 Å². The van der Waals surface area contributed by atoms with E-state index in [1.807, 2.05) is 4.90 Å². The van der Waals surface area contributed by atoms with Crippen LogP contribution in [0.4, 0.5) is 11.5 Å². The van der Waals surface area contributed by atoms with Crippen LogP contribution < -0.4 is 10.6 Å². The van der Waals surface area contributed by atoms with E-state index in [0.29, 0.717) is 35.4 Å². The molecular weight excluding hydrogens is 236 g/mol. The van der Waals surface area contributed by atoms with Crippen LogP contribution in [0.5, 0.6) is 0 Å². The van der Waals surface area contributed by atoms with Crippen molar-refractivity contribution in [3.63, 3.8) is 0 Å². The maximum absolute atomic E-state index is 8.66. The van der Waals surface area contributed by atoms with E-state index < -0.39 is 0 Å². The summed E-state index contributed by atoms with van der Waals surface area (Å²) in [5.41, 5.74) is 6.16. The van der Waals surface area contributed by atoms with Gasteiger partial charge >= 0.3 is 0 Å². The average Bonchev–Trinajstić information content (AvgIpc) is 2.24. The van der Waals surface area contributed by atoms with Crippen molar-refractivity contribution in [3.05, 3.63) is 17.3 Å². The number of nitrogens with zero attached hydrogens (tertiary/aromatic N) is 3. The second-order valence-corrected chi connectivity index (χ2v) is 4.73. The highest BCUT2D eigenvalue weighted by molar-refractivity contribution is 6.33. The van der Waals surface area contributed by atoms with Crippen molar-refractivity contribution in [3.8, 4) is 6.07 Å². The predicted octanol–water partition coefficient (Wildman–Crippen LogP) is 2.69. The van der Waals surface area contributed by atoms with Crippen LogP contribution in [0.2, 0.25) is 5.02 Å². The second-order valence-electron chi connectivity index (χ2n) is 4.32. The minimum atomic E-state index is 0.453. The first kappa shape index (κ1) is 13.6. The van der Waals surface area contributed by atoms with Crippen LogP contribution in [-0.4, -0.2) is 18.1 Å². The number of nitrogen functional groups attached to an aromatic ring is 1. The van der Waals surface area contributed by atoms with Gasteiger partial charge in [-0.2, -0.15) is 5.26 Å². The van der Waals surface area contributed by atoms with Gasteiger partial charge in [0.1, 0.15) is 5.82 Å². The Morgan fingerprint density at radius 2 is 2.29 bits per heavy atom. The highest BCUT2D eigenvalue weighted by Gasteiger charge is 2.13. The zero-order valence-electron chi connectivity index (χ0n) is 10.2. The number of nitriles is 1. The normalized spacial score (nSPS) is 10.3. The first-order chi connectivity index (χ1) is 8.04. The summed E-state index contributed by atoms with van der Waals surface area (Å²) in [5, 5.41) is 9.19. The van der Waals surface area contributed by atoms with E-state index in [0.717, 1.165) is 6.54 Å². The number of halogens is 1. The summed E-state index contributed by atoms with van der Waals surface area (Å²) in [4.78, 5) is 6.27. The number of hydrogen-bond donors (Lipinski definition) is 1. The lowest BCUT2D eigenvalue weighted by atomic mass is 10.2. The average molecular weight is 253 g/mol. The summed E-state index contributed by atoms with van der Waals surface area (Å²) in [5.74, 6) is 1.17. The Morgan fingerprint density at radius 3 is 2.82 bits per heavy atom. The third-order valence-corrected chi connectivity index (χ3v) is 2.50. The largest absolute Gasteiger partial charge is 0.397 e. The van der Waals surface area contributed by atoms with E-state index in [2.05, 4.69) is 24.9 Å². The van der Waals surface area contributed by atoms with E-state index in [1.165, 1.54) is 0 Å². The molecule has 17 heavy (non-hydrogen) atoms. The van der Waals surface area contributed by atoms with E-state index in [4.69, 9.17) is 22.6 Å². The van der Waals surface area contributed by atoms with Crippen LogP contribution in [-0.2, 0) is 0 Å². The van der Waals surface area contributed by atoms with Crippen molar-refractivity contribution in [2.75, 3.05) is 23.7 Å². The molecule has 0 saturated carbocycles. The Bertz CT molecular complexity index is 411. The van der Waals surface area contributed by atoms with Gasteiger partial charge in [-0.05, 0) is 12.0 Å². The van der Waals surface area contributed by atoms with Gasteiger partial charge in [0.15, 0.2) is 0 Å². The van der Waals surface area contributed by atoms with E-state index in [9.17, 15) is 0 Å². The fraction of sp³-hybridized carbons (Fsp3) is 0.500. The molecule has 0 bridgehead atoms. The SMILES string of the molecule is CC(C)CN(CCC#N)c1ncc(N)cc1Cl. The maximum Gasteiger partial charge on any atom is 0.147 e. The van der Waals surface area contributed by atoms with Crippen molar-refractivity contribution < 1.29 is 0 Å². The third-order valence-electron chi connectivity index (χ3n) is 2.22. The van der Waals surface area contributed by atoms with E-state index in [-0.39, 0.29) is 0 Å². The van der Waals surface area contributed by atoms with E-state index >= 15 is 0 Å². The number of rotatable bonds is 5. The fourth-order valence-corrected chi connectivity index (χ4v) is 1.88. The van der Waals surface area contributed by atoms with Crippen LogP contribution >= 0.6 is 11.6 Å². The monoisotopic (exact) mass is 252 g/mol. The minimum absolute atomic E-state index is 0.453. The van der Waals surface area contributed by atoms with Gasteiger partial charge in [0.2, 0.25) is 0 Å². The van der Waals surface area contributed by atoms with Crippen LogP contribution in [0.25, 0.3) is 0 Å². The maximum atomic E-state index is 8.66.